The molecule has 0 saturated heterocycles. The van der Waals surface area contributed by atoms with Crippen LogP contribution in [0.5, 0.6) is 0 Å². The third-order valence-electron chi connectivity index (χ3n) is 7.17. The van der Waals surface area contributed by atoms with Gasteiger partial charge in [-0.3, -0.25) is 9.59 Å². The molecule has 0 heterocycles. The van der Waals surface area contributed by atoms with E-state index >= 15 is 0 Å². The number of esters is 2. The van der Waals surface area contributed by atoms with Gasteiger partial charge in [0.15, 0.2) is 0 Å². The molecular formula is C37H64O6. The number of aliphatic hydroxyl groups is 2. The largest absolute Gasteiger partial charge is 0.463 e. The molecule has 0 saturated carbocycles. The van der Waals surface area contributed by atoms with Crippen LogP contribution in [-0.4, -0.2) is 47.6 Å². The van der Waals surface area contributed by atoms with Crippen molar-refractivity contribution in [2.45, 2.75) is 161 Å². The lowest BCUT2D eigenvalue weighted by molar-refractivity contribution is -0.152. The summed E-state index contributed by atoms with van der Waals surface area (Å²) in [5.74, 6) is -0.763. The highest BCUT2D eigenvalue weighted by molar-refractivity contribution is 5.69. The van der Waals surface area contributed by atoms with Gasteiger partial charge in [-0.25, -0.2) is 0 Å². The first-order valence-corrected chi connectivity index (χ1v) is 17.3. The van der Waals surface area contributed by atoms with E-state index in [1.165, 1.54) is 70.6 Å². The zero-order valence-electron chi connectivity index (χ0n) is 27.6. The van der Waals surface area contributed by atoms with Crippen LogP contribution in [0.1, 0.15) is 149 Å². The molecular weight excluding hydrogens is 540 g/mol. The van der Waals surface area contributed by atoms with Crippen LogP contribution in [0.2, 0.25) is 0 Å². The monoisotopic (exact) mass is 604 g/mol. The molecule has 0 aliphatic carbocycles. The maximum Gasteiger partial charge on any atom is 0.305 e. The molecule has 0 aliphatic rings. The highest BCUT2D eigenvalue weighted by Gasteiger charge is 2.12. The van der Waals surface area contributed by atoms with E-state index in [2.05, 4.69) is 38.2 Å². The van der Waals surface area contributed by atoms with Gasteiger partial charge in [-0.15, -0.1) is 0 Å². The topological polar surface area (TPSA) is 93.1 Å². The average Bonchev–Trinajstić information content (AvgIpc) is 3.00. The van der Waals surface area contributed by atoms with Crippen LogP contribution in [0.3, 0.4) is 0 Å². The fraction of sp³-hybridized carbons (Fsp3) is 0.730. The summed E-state index contributed by atoms with van der Waals surface area (Å²) < 4.78 is 10.2. The number of ether oxygens (including phenoxy) is 2. The number of hydrogen-bond donors (Lipinski definition) is 2. The summed E-state index contributed by atoms with van der Waals surface area (Å²) in [6, 6.07) is 0. The lowest BCUT2D eigenvalue weighted by atomic mass is 10.1. The molecule has 6 nitrogen and oxygen atoms in total. The minimum Gasteiger partial charge on any atom is -0.463 e. The highest BCUT2D eigenvalue weighted by Crippen LogP contribution is 2.12. The highest BCUT2D eigenvalue weighted by atomic mass is 16.6. The molecule has 0 aromatic heterocycles. The predicted octanol–water partition coefficient (Wildman–Crippen LogP) is 9.25. The molecule has 2 atom stereocenters. The number of rotatable bonds is 30. The van der Waals surface area contributed by atoms with E-state index in [-0.39, 0.29) is 25.6 Å². The molecule has 0 radical (unpaired) electrons. The number of hydrogen-bond acceptors (Lipinski definition) is 6. The lowest BCUT2D eigenvalue weighted by Crippen LogP contribution is -2.25. The Morgan fingerprint density at radius 3 is 1.67 bits per heavy atom. The van der Waals surface area contributed by atoms with Gasteiger partial charge in [-0.2, -0.15) is 0 Å². The van der Waals surface area contributed by atoms with Crippen LogP contribution in [0.15, 0.2) is 48.6 Å². The Hall–Kier alpha value is -2.18. The zero-order valence-corrected chi connectivity index (χ0v) is 27.6. The van der Waals surface area contributed by atoms with Crippen LogP contribution in [0.25, 0.3) is 0 Å². The van der Waals surface area contributed by atoms with Crippen LogP contribution in [0.4, 0.5) is 0 Å². The molecule has 43 heavy (non-hydrogen) atoms. The molecule has 0 fully saturated rings. The molecule has 6 heteroatoms. The van der Waals surface area contributed by atoms with Crippen molar-refractivity contribution in [2.24, 2.45) is 0 Å². The van der Waals surface area contributed by atoms with Crippen molar-refractivity contribution < 1.29 is 29.3 Å². The van der Waals surface area contributed by atoms with Crippen LogP contribution >= 0.6 is 0 Å². The van der Waals surface area contributed by atoms with E-state index in [0.29, 0.717) is 19.3 Å². The van der Waals surface area contributed by atoms with Gasteiger partial charge in [0.05, 0.1) is 6.10 Å². The Morgan fingerprint density at radius 1 is 0.581 bits per heavy atom. The summed E-state index contributed by atoms with van der Waals surface area (Å²) in [5, 5.41) is 20.0. The number of allylic oxidation sites excluding steroid dienone is 7. The summed E-state index contributed by atoms with van der Waals surface area (Å²) in [6.07, 6.45) is 36.2. The summed E-state index contributed by atoms with van der Waals surface area (Å²) in [4.78, 5) is 23.8. The molecule has 0 amide bonds. The lowest BCUT2D eigenvalue weighted by Gasteiger charge is -2.12. The third kappa shape index (κ3) is 32.6. The minimum atomic E-state index is -1.03. The normalized spacial score (nSPS) is 13.5. The first-order chi connectivity index (χ1) is 21.0. The van der Waals surface area contributed by atoms with Crippen molar-refractivity contribution >= 4 is 11.9 Å². The fourth-order valence-electron chi connectivity index (χ4n) is 4.48. The molecule has 248 valence electrons. The standard InChI is InChI=1S/C37H64O6/c1-3-5-7-9-11-13-15-16-18-19-21-23-25-28-34(38)29-27-31-37(41)43-33-35(39)32-42-36(40)30-26-24-22-20-17-14-12-10-8-6-4-2/h11,13,16,18,21,23,25,28,34-35,38-39H,3-10,12,14-15,17,19-20,22,24,26-27,29-33H2,1-2H3/b13-11-,18-16-,23-21-,28-25+/t34-,35-/m1/s1. The van der Waals surface area contributed by atoms with Gasteiger partial charge >= 0.3 is 11.9 Å². The molecule has 0 unspecified atom stereocenters. The number of carbonyl (C=O) groups excluding carboxylic acids is 2. The molecule has 2 N–H and O–H groups in total. The maximum atomic E-state index is 11.9. The quantitative estimate of drug-likeness (QED) is 0.0367. The second-order valence-electron chi connectivity index (χ2n) is 11.5. The molecule has 0 aromatic carbocycles. The Morgan fingerprint density at radius 2 is 1.07 bits per heavy atom. The average molecular weight is 605 g/mol. The van der Waals surface area contributed by atoms with E-state index in [9.17, 15) is 19.8 Å². The second-order valence-corrected chi connectivity index (χ2v) is 11.5. The second kappa shape index (κ2) is 32.7. The summed E-state index contributed by atoms with van der Waals surface area (Å²) in [5.41, 5.74) is 0. The smallest absolute Gasteiger partial charge is 0.305 e. The van der Waals surface area contributed by atoms with Crippen LogP contribution in [-0.2, 0) is 19.1 Å². The van der Waals surface area contributed by atoms with E-state index < -0.39 is 18.2 Å². The van der Waals surface area contributed by atoms with E-state index in [0.717, 1.165) is 38.5 Å². The molecule has 0 spiro atoms. The van der Waals surface area contributed by atoms with E-state index in [1.807, 2.05) is 18.2 Å². The number of aliphatic hydroxyl groups excluding tert-OH is 2. The van der Waals surface area contributed by atoms with E-state index in [1.54, 1.807) is 6.08 Å². The van der Waals surface area contributed by atoms with Gasteiger partial charge in [0.2, 0.25) is 0 Å². The molecule has 0 rings (SSSR count). The fourth-order valence-corrected chi connectivity index (χ4v) is 4.48. The van der Waals surface area contributed by atoms with Gasteiger partial charge in [-0.05, 0) is 44.9 Å². The van der Waals surface area contributed by atoms with Crippen molar-refractivity contribution in [3.8, 4) is 0 Å². The first-order valence-electron chi connectivity index (χ1n) is 17.3. The van der Waals surface area contributed by atoms with Crippen molar-refractivity contribution in [1.29, 1.82) is 0 Å². The van der Waals surface area contributed by atoms with Gasteiger partial charge < -0.3 is 19.7 Å². The van der Waals surface area contributed by atoms with E-state index in [4.69, 9.17) is 9.47 Å². The van der Waals surface area contributed by atoms with Gasteiger partial charge in [0.1, 0.15) is 19.3 Å². The zero-order chi connectivity index (χ0) is 31.6. The summed E-state index contributed by atoms with van der Waals surface area (Å²) in [7, 11) is 0. The van der Waals surface area contributed by atoms with Crippen molar-refractivity contribution in [3.63, 3.8) is 0 Å². The minimum absolute atomic E-state index is 0.157. The van der Waals surface area contributed by atoms with Gasteiger partial charge in [-0.1, -0.05) is 140 Å². The number of carbonyl (C=O) groups is 2. The predicted molar refractivity (Wildman–Crippen MR) is 179 cm³/mol. The molecule has 0 aromatic rings. The summed E-state index contributed by atoms with van der Waals surface area (Å²) in [6.45, 7) is 4.07. The Balaban J connectivity index is 3.69. The van der Waals surface area contributed by atoms with Crippen LogP contribution < -0.4 is 0 Å². The number of unbranched alkanes of at least 4 members (excludes halogenated alkanes) is 13. The summed E-state index contributed by atoms with van der Waals surface area (Å²) >= 11 is 0. The van der Waals surface area contributed by atoms with Crippen LogP contribution in [0, 0.1) is 0 Å². The Bertz CT molecular complexity index is 754. The Labute approximate surface area is 263 Å². The van der Waals surface area contributed by atoms with Gasteiger partial charge in [0, 0.05) is 12.8 Å². The van der Waals surface area contributed by atoms with Crippen molar-refractivity contribution in [2.75, 3.05) is 13.2 Å². The van der Waals surface area contributed by atoms with Crippen molar-refractivity contribution in [3.05, 3.63) is 48.6 Å². The van der Waals surface area contributed by atoms with Gasteiger partial charge in [0.25, 0.3) is 0 Å². The Kier molecular flexibility index (Phi) is 31.1. The van der Waals surface area contributed by atoms with Crippen molar-refractivity contribution in [1.82, 2.24) is 0 Å². The molecule has 0 bridgehead atoms. The molecule has 0 aliphatic heterocycles. The first kappa shape index (κ1) is 40.8. The maximum absolute atomic E-state index is 11.9. The SMILES string of the molecule is CCCCC/C=C\C/C=C\C/C=C\C=C\[C@@H](O)CCCC(=O)OC[C@H](O)COC(=O)CCCCCCCCCCCCC. The third-order valence-corrected chi connectivity index (χ3v) is 7.17.